The van der Waals surface area contributed by atoms with Crippen LogP contribution in [0.2, 0.25) is 0 Å². The first-order valence-corrected chi connectivity index (χ1v) is 8.43. The average Bonchev–Trinajstić information content (AvgIpc) is 3.22. The van der Waals surface area contributed by atoms with E-state index in [4.69, 9.17) is 4.74 Å². The van der Waals surface area contributed by atoms with Crippen molar-refractivity contribution in [3.05, 3.63) is 82.4 Å². The third-order valence-corrected chi connectivity index (χ3v) is 4.48. The highest BCUT2D eigenvalue weighted by Crippen LogP contribution is 2.32. The van der Waals surface area contributed by atoms with Gasteiger partial charge in [0.2, 0.25) is 0 Å². The second-order valence-corrected chi connectivity index (χ2v) is 6.13. The molecule has 1 atom stereocenters. The predicted molar refractivity (Wildman–Crippen MR) is 97.0 cm³/mol. The molecule has 3 aromatic rings. The maximum absolute atomic E-state index is 12.7. The van der Waals surface area contributed by atoms with Crippen LogP contribution >= 0.6 is 0 Å². The average molecular weight is 364 g/mol. The molecule has 4 rings (SSSR count). The van der Waals surface area contributed by atoms with Gasteiger partial charge in [-0.3, -0.25) is 14.9 Å². The molecule has 8 heteroatoms. The summed E-state index contributed by atoms with van der Waals surface area (Å²) >= 11 is 0. The van der Waals surface area contributed by atoms with Crippen LogP contribution in [0.1, 0.15) is 28.4 Å². The molecule has 2 heterocycles. The van der Waals surface area contributed by atoms with Gasteiger partial charge in [-0.1, -0.05) is 18.2 Å². The molecule has 0 unspecified atom stereocenters. The van der Waals surface area contributed by atoms with Gasteiger partial charge in [-0.2, -0.15) is 0 Å². The number of nitro benzene ring substituents is 1. The number of ether oxygens (including phenoxy) is 1. The molecule has 1 amide bonds. The molecule has 0 fully saturated rings. The molecule has 1 aliphatic heterocycles. The normalized spacial score (nSPS) is 15.5. The lowest BCUT2D eigenvalue weighted by molar-refractivity contribution is -0.384. The minimum atomic E-state index is -0.504. The largest absolute Gasteiger partial charge is 0.493 e. The van der Waals surface area contributed by atoms with Gasteiger partial charge in [-0.25, -0.2) is 4.98 Å². The fraction of sp³-hybridized carbons (Fsp3) is 0.158. The molecule has 0 radical (unpaired) electrons. The van der Waals surface area contributed by atoms with E-state index in [1.165, 1.54) is 23.2 Å². The van der Waals surface area contributed by atoms with Crippen LogP contribution in [0.4, 0.5) is 5.69 Å². The summed E-state index contributed by atoms with van der Waals surface area (Å²) in [6.07, 6.45) is 5.26. The Labute approximate surface area is 154 Å². The zero-order valence-electron chi connectivity index (χ0n) is 14.2. The van der Waals surface area contributed by atoms with Crippen LogP contribution in [-0.4, -0.2) is 27.0 Å². The fourth-order valence-electron chi connectivity index (χ4n) is 3.16. The third-order valence-electron chi connectivity index (χ3n) is 4.48. The van der Waals surface area contributed by atoms with Crippen molar-refractivity contribution in [2.45, 2.75) is 12.5 Å². The van der Waals surface area contributed by atoms with Gasteiger partial charge in [0, 0.05) is 36.0 Å². The Bertz CT molecular complexity index is 1000. The zero-order chi connectivity index (χ0) is 18.8. The Hall–Kier alpha value is -3.68. The van der Waals surface area contributed by atoms with Crippen molar-refractivity contribution in [2.24, 2.45) is 0 Å². The number of nitro groups is 1. The number of hydrogen-bond donors (Lipinski definition) is 1. The van der Waals surface area contributed by atoms with Crippen molar-refractivity contribution in [3.8, 4) is 11.4 Å². The van der Waals surface area contributed by atoms with E-state index in [0.717, 1.165) is 11.3 Å². The minimum Gasteiger partial charge on any atom is -0.493 e. The third kappa shape index (κ3) is 3.24. The quantitative estimate of drug-likeness (QED) is 0.567. The van der Waals surface area contributed by atoms with Crippen LogP contribution in [0.5, 0.6) is 5.75 Å². The van der Waals surface area contributed by atoms with E-state index >= 15 is 0 Å². The van der Waals surface area contributed by atoms with E-state index in [9.17, 15) is 14.9 Å². The minimum absolute atomic E-state index is 0.159. The number of nitrogens with zero attached hydrogens (tertiary/aromatic N) is 3. The first-order valence-electron chi connectivity index (χ1n) is 8.43. The molecule has 0 saturated carbocycles. The lowest BCUT2D eigenvalue weighted by Gasteiger charge is -2.26. The molecule has 0 bridgehead atoms. The number of imidazole rings is 1. The Kier molecular flexibility index (Phi) is 4.29. The molecule has 136 valence electrons. The van der Waals surface area contributed by atoms with Crippen molar-refractivity contribution in [3.63, 3.8) is 0 Å². The van der Waals surface area contributed by atoms with E-state index in [2.05, 4.69) is 10.3 Å². The highest BCUT2D eigenvalue weighted by atomic mass is 16.6. The van der Waals surface area contributed by atoms with Gasteiger partial charge in [-0.05, 0) is 18.2 Å². The Morgan fingerprint density at radius 2 is 2.15 bits per heavy atom. The van der Waals surface area contributed by atoms with Gasteiger partial charge in [0.05, 0.1) is 23.9 Å². The van der Waals surface area contributed by atoms with Gasteiger partial charge >= 0.3 is 0 Å². The first-order chi connectivity index (χ1) is 13.1. The SMILES string of the molecule is O=C(N[C@@H]1CCOc2ccccc21)c1ccc(-n2ccnc2)c([N+](=O)[O-])c1. The van der Waals surface area contributed by atoms with E-state index in [1.54, 1.807) is 18.3 Å². The maximum atomic E-state index is 12.7. The molecule has 2 aromatic carbocycles. The molecular formula is C19H16N4O4. The summed E-state index contributed by atoms with van der Waals surface area (Å²) in [7, 11) is 0. The second kappa shape index (κ2) is 6.91. The van der Waals surface area contributed by atoms with Crippen LogP contribution < -0.4 is 10.1 Å². The number of rotatable bonds is 4. The number of benzene rings is 2. The van der Waals surface area contributed by atoms with E-state index in [0.29, 0.717) is 18.7 Å². The first kappa shape index (κ1) is 16.8. The highest BCUT2D eigenvalue weighted by molar-refractivity contribution is 5.95. The van der Waals surface area contributed by atoms with Crippen LogP contribution in [0, 0.1) is 10.1 Å². The van der Waals surface area contributed by atoms with Gasteiger partial charge in [-0.15, -0.1) is 0 Å². The second-order valence-electron chi connectivity index (χ2n) is 6.13. The topological polar surface area (TPSA) is 99.3 Å². The molecule has 1 aromatic heterocycles. The lowest BCUT2D eigenvalue weighted by atomic mass is 10.00. The summed E-state index contributed by atoms with van der Waals surface area (Å²) < 4.78 is 7.14. The summed E-state index contributed by atoms with van der Waals surface area (Å²) in [5, 5.41) is 14.4. The van der Waals surface area contributed by atoms with Crippen LogP contribution in [-0.2, 0) is 0 Å². The summed E-state index contributed by atoms with van der Waals surface area (Å²) in [6, 6.07) is 11.7. The van der Waals surface area contributed by atoms with Crippen LogP contribution in [0.25, 0.3) is 5.69 Å². The van der Waals surface area contributed by atoms with E-state index in [-0.39, 0.29) is 23.2 Å². The van der Waals surface area contributed by atoms with Crippen molar-refractivity contribution in [1.29, 1.82) is 0 Å². The summed E-state index contributed by atoms with van der Waals surface area (Å²) in [5.74, 6) is 0.382. The molecule has 0 saturated heterocycles. The molecule has 0 aliphatic carbocycles. The number of fused-ring (bicyclic) bond motifs is 1. The van der Waals surface area contributed by atoms with Gasteiger partial charge in [0.25, 0.3) is 11.6 Å². The Morgan fingerprint density at radius 1 is 1.30 bits per heavy atom. The number of nitrogens with one attached hydrogen (secondary N) is 1. The Balaban J connectivity index is 1.62. The van der Waals surface area contributed by atoms with Crippen molar-refractivity contribution in [2.75, 3.05) is 6.61 Å². The van der Waals surface area contributed by atoms with Gasteiger partial charge in [0.15, 0.2) is 0 Å². The van der Waals surface area contributed by atoms with Crippen molar-refractivity contribution in [1.82, 2.24) is 14.9 Å². The van der Waals surface area contributed by atoms with Crippen molar-refractivity contribution >= 4 is 11.6 Å². The Morgan fingerprint density at radius 3 is 2.93 bits per heavy atom. The molecule has 8 nitrogen and oxygen atoms in total. The molecule has 1 aliphatic rings. The van der Waals surface area contributed by atoms with Crippen LogP contribution in [0.3, 0.4) is 0 Å². The van der Waals surface area contributed by atoms with Gasteiger partial charge < -0.3 is 14.6 Å². The van der Waals surface area contributed by atoms with E-state index < -0.39 is 4.92 Å². The number of para-hydroxylation sites is 1. The fourth-order valence-corrected chi connectivity index (χ4v) is 3.16. The molecule has 0 spiro atoms. The van der Waals surface area contributed by atoms with Gasteiger partial charge in [0.1, 0.15) is 11.4 Å². The van der Waals surface area contributed by atoms with Crippen molar-refractivity contribution < 1.29 is 14.5 Å². The summed E-state index contributed by atoms with van der Waals surface area (Å²) in [6.45, 7) is 0.502. The highest BCUT2D eigenvalue weighted by Gasteiger charge is 2.24. The smallest absolute Gasteiger partial charge is 0.294 e. The maximum Gasteiger partial charge on any atom is 0.294 e. The number of carbonyl (C=O) groups is 1. The molecule has 27 heavy (non-hydrogen) atoms. The number of carbonyl (C=O) groups excluding carboxylic acids is 1. The predicted octanol–water partition coefficient (Wildman–Crippen LogP) is 3.03. The molecule has 1 N–H and O–H groups in total. The summed E-state index contributed by atoms with van der Waals surface area (Å²) in [4.78, 5) is 27.6. The standard InChI is InChI=1S/C19H16N4O4/c24-19(21-15-7-10-27-18-4-2-1-3-14(15)18)13-5-6-16(17(11-13)23(25)26)22-9-8-20-12-22/h1-6,8-9,11-12,15H,7,10H2,(H,21,24)/t15-/m1/s1. The summed E-state index contributed by atoms with van der Waals surface area (Å²) in [5.41, 5.74) is 1.33. The number of amides is 1. The van der Waals surface area contributed by atoms with Crippen LogP contribution in [0.15, 0.2) is 61.2 Å². The number of aromatic nitrogens is 2. The molecular weight excluding hydrogens is 348 g/mol. The monoisotopic (exact) mass is 364 g/mol. The zero-order valence-corrected chi connectivity index (χ0v) is 14.2. The lowest BCUT2D eigenvalue weighted by Crippen LogP contribution is -2.32. The number of hydrogen-bond acceptors (Lipinski definition) is 5. The van der Waals surface area contributed by atoms with E-state index in [1.807, 2.05) is 24.3 Å².